The van der Waals surface area contributed by atoms with Crippen molar-refractivity contribution in [1.29, 1.82) is 0 Å². The maximum atomic E-state index is 12.5. The summed E-state index contributed by atoms with van der Waals surface area (Å²) in [5, 5.41) is 24.1. The van der Waals surface area contributed by atoms with Crippen LogP contribution in [0.3, 0.4) is 0 Å². The third kappa shape index (κ3) is 4.79. The van der Waals surface area contributed by atoms with Crippen LogP contribution in [-0.2, 0) is 17.8 Å². The van der Waals surface area contributed by atoms with Crippen molar-refractivity contribution in [1.82, 2.24) is 9.55 Å². The Kier molecular flexibility index (Phi) is 6.26. The van der Waals surface area contributed by atoms with Crippen molar-refractivity contribution in [2.24, 2.45) is 0 Å². The molecule has 0 aliphatic rings. The van der Waals surface area contributed by atoms with Crippen LogP contribution in [0.4, 0.5) is 5.82 Å². The molecule has 4 rings (SSSR count). The molecular formula is C25H23N3O5. The highest BCUT2D eigenvalue weighted by molar-refractivity contribution is 5.93. The summed E-state index contributed by atoms with van der Waals surface area (Å²) in [6, 6.07) is 18.0. The summed E-state index contributed by atoms with van der Waals surface area (Å²) in [4.78, 5) is 27.4. The number of carbonyl (C=O) groups excluding carboxylic acids is 1. The van der Waals surface area contributed by atoms with Crippen LogP contribution in [0.2, 0.25) is 0 Å². The van der Waals surface area contributed by atoms with E-state index in [2.05, 4.69) is 10.3 Å². The topological polar surface area (TPSA) is 114 Å². The number of aryl methyl sites for hydroxylation is 1. The summed E-state index contributed by atoms with van der Waals surface area (Å²) in [7, 11) is 1.61. The number of ether oxygens (including phenoxy) is 1. The van der Waals surface area contributed by atoms with Crippen molar-refractivity contribution >= 4 is 28.5 Å². The van der Waals surface area contributed by atoms with E-state index in [0.717, 1.165) is 27.8 Å². The van der Waals surface area contributed by atoms with Gasteiger partial charge in [-0.15, -0.1) is 0 Å². The number of amides is 1. The number of pyridine rings is 1. The second-order valence-electron chi connectivity index (χ2n) is 7.54. The van der Waals surface area contributed by atoms with Gasteiger partial charge in [0.2, 0.25) is 5.91 Å². The van der Waals surface area contributed by atoms with E-state index >= 15 is 0 Å². The number of carbonyl (C=O) groups is 2. The summed E-state index contributed by atoms with van der Waals surface area (Å²) < 4.78 is 7.03. The maximum Gasteiger partial charge on any atom is 0.337 e. The van der Waals surface area contributed by atoms with Crippen LogP contribution in [0, 0.1) is 0 Å². The molecule has 4 aromatic rings. The van der Waals surface area contributed by atoms with E-state index in [9.17, 15) is 14.7 Å². The van der Waals surface area contributed by atoms with Crippen LogP contribution < -0.4 is 10.1 Å². The van der Waals surface area contributed by atoms with E-state index in [0.29, 0.717) is 13.0 Å². The molecule has 33 heavy (non-hydrogen) atoms. The number of aromatic nitrogens is 2. The Hall–Kier alpha value is -4.33. The molecule has 8 nitrogen and oxygen atoms in total. The highest BCUT2D eigenvalue weighted by Gasteiger charge is 2.17. The van der Waals surface area contributed by atoms with Gasteiger partial charge in [0.25, 0.3) is 0 Å². The molecule has 0 radical (unpaired) electrons. The smallest absolute Gasteiger partial charge is 0.337 e. The number of aromatic carboxylic acids is 1. The van der Waals surface area contributed by atoms with Crippen LogP contribution in [0.25, 0.3) is 10.8 Å². The fourth-order valence-electron chi connectivity index (χ4n) is 3.73. The first kappa shape index (κ1) is 21.9. The minimum Gasteiger partial charge on any atom is -0.497 e. The number of hydrogen-bond acceptors (Lipinski definition) is 5. The van der Waals surface area contributed by atoms with Crippen LogP contribution in [-0.4, -0.2) is 38.8 Å². The van der Waals surface area contributed by atoms with Crippen molar-refractivity contribution in [3.05, 3.63) is 83.7 Å². The molecule has 8 heteroatoms. The molecule has 3 N–H and O–H groups in total. The SMILES string of the molecule is COc1ccc(Cn2c(O)c3ccccc3c2CCC(=O)Nc2ccc(C(=O)O)cn2)cc1. The Balaban J connectivity index is 1.54. The molecule has 0 fully saturated rings. The molecule has 2 aromatic heterocycles. The second kappa shape index (κ2) is 9.44. The van der Waals surface area contributed by atoms with Crippen LogP contribution in [0.15, 0.2) is 66.9 Å². The largest absolute Gasteiger partial charge is 0.497 e. The van der Waals surface area contributed by atoms with Crippen LogP contribution >= 0.6 is 0 Å². The quantitative estimate of drug-likeness (QED) is 0.377. The Morgan fingerprint density at radius 2 is 1.76 bits per heavy atom. The van der Waals surface area contributed by atoms with Gasteiger partial charge in [0.1, 0.15) is 11.6 Å². The highest BCUT2D eigenvalue weighted by atomic mass is 16.5. The molecule has 1 amide bonds. The number of aromatic hydroxyl groups is 1. The normalized spacial score (nSPS) is 10.8. The third-order valence-electron chi connectivity index (χ3n) is 5.43. The van der Waals surface area contributed by atoms with E-state index in [1.807, 2.05) is 53.1 Å². The number of anilines is 1. The summed E-state index contributed by atoms with van der Waals surface area (Å²) in [5.41, 5.74) is 1.88. The van der Waals surface area contributed by atoms with Gasteiger partial charge in [0, 0.05) is 29.1 Å². The monoisotopic (exact) mass is 445 g/mol. The van der Waals surface area contributed by atoms with E-state index in [1.54, 1.807) is 7.11 Å². The van der Waals surface area contributed by atoms with Gasteiger partial charge < -0.3 is 24.8 Å². The number of hydrogen-bond donors (Lipinski definition) is 3. The van der Waals surface area contributed by atoms with E-state index in [-0.39, 0.29) is 29.6 Å². The van der Waals surface area contributed by atoms with Crippen LogP contribution in [0.5, 0.6) is 11.6 Å². The van der Waals surface area contributed by atoms with Gasteiger partial charge in [-0.1, -0.05) is 30.3 Å². The van der Waals surface area contributed by atoms with Gasteiger partial charge in [-0.3, -0.25) is 4.79 Å². The lowest BCUT2D eigenvalue weighted by Crippen LogP contribution is -2.15. The molecule has 0 saturated heterocycles. The van der Waals surface area contributed by atoms with Crippen molar-refractivity contribution in [3.8, 4) is 11.6 Å². The average Bonchev–Trinajstić information content (AvgIpc) is 3.09. The van der Waals surface area contributed by atoms with Gasteiger partial charge >= 0.3 is 5.97 Å². The molecule has 2 aromatic carbocycles. The summed E-state index contributed by atoms with van der Waals surface area (Å²) in [5.74, 6) is -0.146. The minimum absolute atomic E-state index is 0.0475. The van der Waals surface area contributed by atoms with Gasteiger partial charge in [0.15, 0.2) is 5.88 Å². The fourth-order valence-corrected chi connectivity index (χ4v) is 3.73. The zero-order valence-corrected chi connectivity index (χ0v) is 18.0. The molecule has 0 saturated carbocycles. The molecule has 168 valence electrons. The number of rotatable bonds is 8. The number of methoxy groups -OCH3 is 1. The number of fused-ring (bicyclic) bond motifs is 1. The van der Waals surface area contributed by atoms with E-state index < -0.39 is 5.97 Å². The predicted octanol–water partition coefficient (Wildman–Crippen LogP) is 4.07. The standard InChI is InChI=1S/C25H23N3O5/c1-33-18-9-6-16(7-10-18)15-28-21(19-4-2-3-5-20(19)24(28)30)11-13-23(29)27-22-12-8-17(14-26-22)25(31)32/h2-10,12,14,30H,11,13,15H2,1H3,(H,31,32)(H,26,27,29). The zero-order valence-electron chi connectivity index (χ0n) is 18.0. The number of benzene rings is 2. The Bertz CT molecular complexity index is 1290. The summed E-state index contributed by atoms with van der Waals surface area (Å²) in [6.45, 7) is 0.444. The number of carboxylic acids is 1. The van der Waals surface area contributed by atoms with E-state index in [4.69, 9.17) is 9.84 Å². The van der Waals surface area contributed by atoms with Crippen molar-refractivity contribution in [2.75, 3.05) is 12.4 Å². The highest BCUT2D eigenvalue weighted by Crippen LogP contribution is 2.33. The molecule has 0 spiro atoms. The van der Waals surface area contributed by atoms with E-state index in [1.165, 1.54) is 18.3 Å². The van der Waals surface area contributed by atoms with Gasteiger partial charge in [-0.2, -0.15) is 0 Å². The zero-order chi connectivity index (χ0) is 23.4. The molecule has 0 atom stereocenters. The maximum absolute atomic E-state index is 12.5. The first-order chi connectivity index (χ1) is 16.0. The first-order valence-corrected chi connectivity index (χ1v) is 10.4. The molecule has 0 unspecified atom stereocenters. The lowest BCUT2D eigenvalue weighted by atomic mass is 10.1. The van der Waals surface area contributed by atoms with Crippen molar-refractivity contribution in [3.63, 3.8) is 0 Å². The number of carboxylic acid groups (broad SMARTS) is 1. The lowest BCUT2D eigenvalue weighted by molar-refractivity contribution is -0.116. The molecule has 0 aliphatic heterocycles. The molecule has 0 bridgehead atoms. The predicted molar refractivity (Wildman–Crippen MR) is 124 cm³/mol. The molecule has 2 heterocycles. The van der Waals surface area contributed by atoms with Crippen molar-refractivity contribution in [2.45, 2.75) is 19.4 Å². The minimum atomic E-state index is -1.08. The first-order valence-electron chi connectivity index (χ1n) is 10.4. The van der Waals surface area contributed by atoms with Crippen molar-refractivity contribution < 1.29 is 24.5 Å². The summed E-state index contributed by atoms with van der Waals surface area (Å²) in [6.07, 6.45) is 1.76. The fraction of sp³-hybridized carbons (Fsp3) is 0.160. The van der Waals surface area contributed by atoms with Gasteiger partial charge in [0.05, 0.1) is 19.2 Å². The third-order valence-corrected chi connectivity index (χ3v) is 5.43. The Morgan fingerprint density at radius 1 is 1.03 bits per heavy atom. The molecule has 0 aliphatic carbocycles. The second-order valence-corrected chi connectivity index (χ2v) is 7.54. The average molecular weight is 445 g/mol. The van der Waals surface area contributed by atoms with Gasteiger partial charge in [-0.05, 0) is 42.3 Å². The molecular weight excluding hydrogens is 422 g/mol. The number of nitrogens with zero attached hydrogens (tertiary/aromatic N) is 2. The Labute approximate surface area is 190 Å². The Morgan fingerprint density at radius 3 is 2.39 bits per heavy atom. The van der Waals surface area contributed by atoms with Gasteiger partial charge in [-0.25, -0.2) is 9.78 Å². The number of nitrogens with one attached hydrogen (secondary N) is 1. The lowest BCUT2D eigenvalue weighted by Gasteiger charge is -2.12. The van der Waals surface area contributed by atoms with Crippen LogP contribution in [0.1, 0.15) is 28.0 Å². The summed E-state index contributed by atoms with van der Waals surface area (Å²) >= 11 is 0.